The third-order valence-corrected chi connectivity index (χ3v) is 6.31. The summed E-state index contributed by atoms with van der Waals surface area (Å²) in [6, 6.07) is 4.90. The molecule has 2 aliphatic rings. The lowest BCUT2D eigenvalue weighted by Crippen LogP contribution is -2.55. The zero-order valence-corrected chi connectivity index (χ0v) is 20.2. The highest BCUT2D eigenvalue weighted by molar-refractivity contribution is 5.89. The maximum atomic E-state index is 13.6. The fraction of sp³-hybridized carbons (Fsp3) is 0.522. The fourth-order valence-electron chi connectivity index (χ4n) is 4.25. The van der Waals surface area contributed by atoms with Gasteiger partial charge in [-0.05, 0) is 12.1 Å². The van der Waals surface area contributed by atoms with E-state index in [1.807, 2.05) is 0 Å². The molecule has 2 aromatic rings. The molecule has 0 aliphatic carbocycles. The molecule has 2 fully saturated rings. The molecule has 2 aliphatic heterocycles. The summed E-state index contributed by atoms with van der Waals surface area (Å²) in [5, 5.41) is 32.1. The second-order valence-corrected chi connectivity index (χ2v) is 8.84. The minimum Gasteiger partial charge on any atom is -0.414 e. The maximum absolute atomic E-state index is 13.6. The average Bonchev–Trinajstić information content (AvgIpc) is 3.40. The third-order valence-electron chi connectivity index (χ3n) is 6.31. The molecule has 1 aromatic heterocycles. The van der Waals surface area contributed by atoms with Crippen molar-refractivity contribution in [2.24, 2.45) is 11.6 Å². The van der Waals surface area contributed by atoms with E-state index in [2.05, 4.69) is 20.4 Å². The van der Waals surface area contributed by atoms with Crippen LogP contribution < -0.4 is 16.9 Å². The monoisotopic (exact) mass is 521 g/mol. The third kappa shape index (κ3) is 6.80. The Morgan fingerprint density at radius 2 is 2.11 bits per heavy atom. The van der Waals surface area contributed by atoms with Gasteiger partial charge in [0.05, 0.1) is 31.6 Å². The Kier molecular flexibility index (Phi) is 9.02. The fourth-order valence-corrected chi connectivity index (χ4v) is 4.25. The van der Waals surface area contributed by atoms with Crippen molar-refractivity contribution in [1.82, 2.24) is 25.4 Å². The van der Waals surface area contributed by atoms with Crippen LogP contribution in [0.1, 0.15) is 34.7 Å². The molecule has 202 valence electrons. The Bertz CT molecular complexity index is 1080. The standard InChI is InChI=1S/C23H32FN7O6/c24-15-3-1-2-14(10-15)16(25)12-31(26)17-11-18(36-19(13-32)20(17)33)22-28-29-23(37-22)21(34)27-4-5-30-6-8-35-9-7-30/h1-3,10,12,17-20,32-33H,4-9,11,13,25-26H2,(H,27,34)/b16-12-. The Labute approximate surface area is 212 Å². The predicted molar refractivity (Wildman–Crippen MR) is 128 cm³/mol. The number of nitrogens with zero attached hydrogens (tertiary/aromatic N) is 4. The summed E-state index contributed by atoms with van der Waals surface area (Å²) in [5.41, 5.74) is 6.65. The second kappa shape index (κ2) is 12.4. The summed E-state index contributed by atoms with van der Waals surface area (Å²) < 4.78 is 30.2. The summed E-state index contributed by atoms with van der Waals surface area (Å²) >= 11 is 0. The summed E-state index contributed by atoms with van der Waals surface area (Å²) in [5.74, 6) is 4.98. The number of nitrogens with two attached hydrogens (primary N) is 2. The number of aliphatic hydroxyl groups is 2. The van der Waals surface area contributed by atoms with Crippen molar-refractivity contribution in [3.8, 4) is 0 Å². The Morgan fingerprint density at radius 3 is 2.84 bits per heavy atom. The van der Waals surface area contributed by atoms with Gasteiger partial charge in [0.2, 0.25) is 5.89 Å². The number of hydrazine groups is 1. The predicted octanol–water partition coefficient (Wildman–Crippen LogP) is -1.04. The van der Waals surface area contributed by atoms with Crippen LogP contribution in [0.5, 0.6) is 0 Å². The lowest BCUT2D eigenvalue weighted by Gasteiger charge is -2.41. The van der Waals surface area contributed by atoms with E-state index in [1.54, 1.807) is 6.07 Å². The van der Waals surface area contributed by atoms with Crippen molar-refractivity contribution >= 4 is 11.6 Å². The molecule has 4 unspecified atom stereocenters. The van der Waals surface area contributed by atoms with Gasteiger partial charge >= 0.3 is 11.8 Å². The lowest BCUT2D eigenvalue weighted by molar-refractivity contribution is -0.169. The first-order chi connectivity index (χ1) is 17.9. The molecule has 37 heavy (non-hydrogen) atoms. The molecule has 3 heterocycles. The van der Waals surface area contributed by atoms with E-state index in [9.17, 15) is 19.4 Å². The average molecular weight is 522 g/mol. The van der Waals surface area contributed by atoms with Crippen LogP contribution in [0.2, 0.25) is 0 Å². The van der Waals surface area contributed by atoms with Gasteiger partial charge in [0, 0.05) is 44.4 Å². The number of halogens is 1. The molecular weight excluding hydrogens is 489 g/mol. The summed E-state index contributed by atoms with van der Waals surface area (Å²) in [4.78, 5) is 14.6. The number of morpholine rings is 1. The SMILES string of the molecule is N/C(=C\N(N)C1CC(c2nnc(C(=O)NCCN3CCOCC3)o2)OC(CO)C1O)c1cccc(F)c1. The number of rotatable bonds is 9. The molecule has 1 aromatic carbocycles. The number of carbonyl (C=O) groups is 1. The highest BCUT2D eigenvalue weighted by Crippen LogP contribution is 2.33. The van der Waals surface area contributed by atoms with Crippen LogP contribution in [0.4, 0.5) is 4.39 Å². The highest BCUT2D eigenvalue weighted by Gasteiger charge is 2.42. The number of hydrogen-bond acceptors (Lipinski definition) is 12. The van der Waals surface area contributed by atoms with Crippen LogP contribution >= 0.6 is 0 Å². The topological polar surface area (TPSA) is 185 Å². The Morgan fingerprint density at radius 1 is 1.32 bits per heavy atom. The highest BCUT2D eigenvalue weighted by atomic mass is 19.1. The minimum atomic E-state index is -1.19. The van der Waals surface area contributed by atoms with E-state index in [0.29, 0.717) is 31.9 Å². The first-order valence-electron chi connectivity index (χ1n) is 12.0. The van der Waals surface area contributed by atoms with Crippen LogP contribution in [0, 0.1) is 5.82 Å². The van der Waals surface area contributed by atoms with Gasteiger partial charge in [-0.3, -0.25) is 9.69 Å². The van der Waals surface area contributed by atoms with Crippen LogP contribution in [-0.4, -0.2) is 100 Å². The normalized spacial score (nSPS) is 25.1. The minimum absolute atomic E-state index is 0.00385. The summed E-state index contributed by atoms with van der Waals surface area (Å²) in [6.45, 7) is 3.51. The first kappa shape index (κ1) is 26.9. The number of ether oxygens (including phenoxy) is 2. The van der Waals surface area contributed by atoms with Crippen molar-refractivity contribution in [3.05, 3.63) is 53.6 Å². The number of nitrogens with one attached hydrogen (secondary N) is 1. The van der Waals surface area contributed by atoms with Gasteiger partial charge in [0.15, 0.2) is 0 Å². The lowest BCUT2D eigenvalue weighted by atomic mass is 9.95. The molecule has 4 atom stereocenters. The summed E-state index contributed by atoms with van der Waals surface area (Å²) in [6.07, 6.45) is -1.62. The molecular formula is C23H32FN7O6. The smallest absolute Gasteiger partial charge is 0.308 e. The van der Waals surface area contributed by atoms with Gasteiger partial charge in [-0.25, -0.2) is 10.2 Å². The number of benzene rings is 1. The van der Waals surface area contributed by atoms with Gasteiger partial charge in [0.1, 0.15) is 24.1 Å². The quantitative estimate of drug-likeness (QED) is 0.200. The number of hydrogen-bond donors (Lipinski definition) is 5. The molecule has 0 spiro atoms. The molecule has 0 bridgehead atoms. The number of aromatic nitrogens is 2. The van der Waals surface area contributed by atoms with Gasteiger partial charge in [-0.1, -0.05) is 12.1 Å². The largest absolute Gasteiger partial charge is 0.414 e. The van der Waals surface area contributed by atoms with Crippen molar-refractivity contribution in [2.75, 3.05) is 46.0 Å². The Hall–Kier alpha value is -3.14. The van der Waals surface area contributed by atoms with Crippen LogP contribution in [0.25, 0.3) is 5.70 Å². The number of amides is 1. The van der Waals surface area contributed by atoms with Gasteiger partial charge in [-0.2, -0.15) is 0 Å². The molecule has 14 heteroatoms. The zero-order chi connectivity index (χ0) is 26.4. The van der Waals surface area contributed by atoms with E-state index >= 15 is 0 Å². The van der Waals surface area contributed by atoms with Crippen LogP contribution in [0.15, 0.2) is 34.9 Å². The number of aliphatic hydroxyl groups excluding tert-OH is 2. The first-order valence-corrected chi connectivity index (χ1v) is 12.0. The van der Waals surface area contributed by atoms with Crippen molar-refractivity contribution < 1.29 is 33.3 Å². The molecule has 1 amide bonds. The van der Waals surface area contributed by atoms with E-state index < -0.39 is 42.7 Å². The van der Waals surface area contributed by atoms with Gasteiger partial charge in [-0.15, -0.1) is 10.2 Å². The molecule has 0 saturated carbocycles. The van der Waals surface area contributed by atoms with Crippen LogP contribution in [0.3, 0.4) is 0 Å². The molecule has 13 nitrogen and oxygen atoms in total. The molecule has 7 N–H and O–H groups in total. The van der Waals surface area contributed by atoms with E-state index in [1.165, 1.54) is 29.4 Å². The van der Waals surface area contributed by atoms with E-state index in [4.69, 9.17) is 25.5 Å². The molecule has 2 saturated heterocycles. The van der Waals surface area contributed by atoms with E-state index in [0.717, 1.165) is 13.1 Å². The summed E-state index contributed by atoms with van der Waals surface area (Å²) in [7, 11) is 0. The zero-order valence-electron chi connectivity index (χ0n) is 20.2. The molecule has 4 rings (SSSR count). The van der Waals surface area contributed by atoms with Crippen molar-refractivity contribution in [3.63, 3.8) is 0 Å². The Balaban J connectivity index is 1.40. The van der Waals surface area contributed by atoms with Gasteiger partial charge < -0.3 is 40.2 Å². The van der Waals surface area contributed by atoms with Crippen molar-refractivity contribution in [2.45, 2.75) is 30.8 Å². The molecule has 0 radical (unpaired) electrons. The maximum Gasteiger partial charge on any atom is 0.308 e. The number of carbonyl (C=O) groups excluding carboxylic acids is 1. The van der Waals surface area contributed by atoms with Crippen LogP contribution in [-0.2, 0) is 9.47 Å². The van der Waals surface area contributed by atoms with Crippen molar-refractivity contribution in [1.29, 1.82) is 0 Å². The second-order valence-electron chi connectivity index (χ2n) is 8.84. The van der Waals surface area contributed by atoms with Gasteiger partial charge in [0.25, 0.3) is 0 Å². The van der Waals surface area contributed by atoms with E-state index in [-0.39, 0.29) is 23.9 Å².